The van der Waals surface area contributed by atoms with Crippen molar-refractivity contribution >= 4 is 17.6 Å². The van der Waals surface area contributed by atoms with E-state index in [0.29, 0.717) is 28.3 Å². The third-order valence-corrected chi connectivity index (χ3v) is 6.17. The topological polar surface area (TPSA) is 121 Å². The molecule has 0 fully saturated rings. The first-order chi connectivity index (χ1) is 17.3. The number of aromatic nitrogens is 1. The van der Waals surface area contributed by atoms with Crippen molar-refractivity contribution in [3.63, 3.8) is 0 Å². The highest BCUT2D eigenvalue weighted by Crippen LogP contribution is 2.53. The number of rotatable bonds is 6. The maximum Gasteiger partial charge on any atom is 0.374 e. The molecular formula is C26H28N2O8. The van der Waals surface area contributed by atoms with Crippen LogP contribution in [0.5, 0.6) is 11.5 Å². The van der Waals surface area contributed by atoms with Gasteiger partial charge in [-0.25, -0.2) is 9.59 Å². The fourth-order valence-corrected chi connectivity index (χ4v) is 4.61. The molecule has 1 aliphatic rings. The van der Waals surface area contributed by atoms with Crippen LogP contribution < -0.4 is 14.4 Å². The fraction of sp³-hybridized carbons (Fsp3) is 0.346. The molecule has 2 atom stereocenters. The van der Waals surface area contributed by atoms with Gasteiger partial charge >= 0.3 is 11.9 Å². The number of aliphatic hydroxyl groups is 1. The zero-order valence-corrected chi connectivity index (χ0v) is 20.9. The Hall–Kier alpha value is -4.05. The van der Waals surface area contributed by atoms with E-state index in [-0.39, 0.29) is 28.8 Å². The third-order valence-electron chi connectivity index (χ3n) is 6.17. The summed E-state index contributed by atoms with van der Waals surface area (Å²) >= 11 is 0. The molecule has 3 aromatic rings. The molecule has 0 spiro atoms. The normalized spacial score (nSPS) is 16.6. The standard InChI is InChI=1S/C26H28N2O8/c1-13(2)28-20(16-9-7-8-10-27-16)22(29)14-11-17(32-3)18(33-4)12-15(14)23-21(28)19(25(30)34-5)24(36-23)26(31)35-6/h7-13,20,22,29H,1-6H3/t20-,22-/m1/s1. The lowest BCUT2D eigenvalue weighted by Crippen LogP contribution is -2.39. The minimum atomic E-state index is -1.13. The smallest absolute Gasteiger partial charge is 0.374 e. The van der Waals surface area contributed by atoms with Gasteiger partial charge in [0.2, 0.25) is 5.76 Å². The van der Waals surface area contributed by atoms with Crippen LogP contribution >= 0.6 is 0 Å². The zero-order valence-electron chi connectivity index (χ0n) is 20.9. The number of furan rings is 1. The Bertz CT molecular complexity index is 1280. The van der Waals surface area contributed by atoms with Crippen LogP contribution in [0.1, 0.15) is 58.2 Å². The third kappa shape index (κ3) is 3.93. The summed E-state index contributed by atoms with van der Waals surface area (Å²) in [5.41, 5.74) is 1.57. The first-order valence-corrected chi connectivity index (χ1v) is 11.3. The number of methoxy groups -OCH3 is 4. The molecule has 4 rings (SSSR count). The number of pyridine rings is 1. The summed E-state index contributed by atoms with van der Waals surface area (Å²) in [6.45, 7) is 3.80. The minimum absolute atomic E-state index is 0.108. The Kier molecular flexibility index (Phi) is 6.89. The number of esters is 2. The van der Waals surface area contributed by atoms with Gasteiger partial charge in [0.1, 0.15) is 23.4 Å². The van der Waals surface area contributed by atoms with E-state index in [4.69, 9.17) is 23.4 Å². The second kappa shape index (κ2) is 9.90. The van der Waals surface area contributed by atoms with Gasteiger partial charge in [0, 0.05) is 17.8 Å². The monoisotopic (exact) mass is 496 g/mol. The maximum atomic E-state index is 13.1. The Labute approximate surface area is 208 Å². The molecule has 0 radical (unpaired) electrons. The Morgan fingerprint density at radius 2 is 1.69 bits per heavy atom. The lowest BCUT2D eigenvalue weighted by molar-refractivity contribution is 0.0529. The fourth-order valence-electron chi connectivity index (χ4n) is 4.61. The number of anilines is 1. The molecule has 36 heavy (non-hydrogen) atoms. The number of carbonyl (C=O) groups excluding carboxylic acids is 2. The molecule has 1 N–H and O–H groups in total. The zero-order chi connectivity index (χ0) is 26.1. The number of nitrogens with zero attached hydrogens (tertiary/aromatic N) is 2. The first kappa shape index (κ1) is 25.1. The first-order valence-electron chi connectivity index (χ1n) is 11.3. The van der Waals surface area contributed by atoms with Crippen LogP contribution in [0, 0.1) is 0 Å². The number of ether oxygens (including phenoxy) is 4. The van der Waals surface area contributed by atoms with Crippen LogP contribution in [0.4, 0.5) is 5.69 Å². The summed E-state index contributed by atoms with van der Waals surface area (Å²) < 4.78 is 27.0. The molecule has 0 saturated heterocycles. The van der Waals surface area contributed by atoms with E-state index < -0.39 is 24.1 Å². The molecule has 0 bridgehead atoms. The molecule has 1 aromatic carbocycles. The Morgan fingerprint density at radius 1 is 1.03 bits per heavy atom. The Morgan fingerprint density at radius 3 is 2.25 bits per heavy atom. The van der Waals surface area contributed by atoms with Gasteiger partial charge in [-0.15, -0.1) is 0 Å². The molecule has 1 aliphatic heterocycles. The van der Waals surface area contributed by atoms with Crippen LogP contribution in [0.25, 0.3) is 11.3 Å². The van der Waals surface area contributed by atoms with E-state index in [1.807, 2.05) is 24.8 Å². The van der Waals surface area contributed by atoms with Gasteiger partial charge in [0.25, 0.3) is 0 Å². The number of fused-ring (bicyclic) bond motifs is 3. The van der Waals surface area contributed by atoms with Gasteiger partial charge in [-0.1, -0.05) is 6.07 Å². The lowest BCUT2D eigenvalue weighted by Gasteiger charge is -2.37. The molecular weight excluding hydrogens is 468 g/mol. The second-order valence-electron chi connectivity index (χ2n) is 8.41. The summed E-state index contributed by atoms with van der Waals surface area (Å²) in [6, 6.07) is 7.61. The highest BCUT2D eigenvalue weighted by atomic mass is 16.5. The molecule has 0 unspecified atom stereocenters. The summed E-state index contributed by atoms with van der Waals surface area (Å²) in [4.78, 5) is 32.1. The van der Waals surface area contributed by atoms with Crippen molar-refractivity contribution < 1.29 is 38.1 Å². The number of benzene rings is 1. The highest BCUT2D eigenvalue weighted by Gasteiger charge is 2.45. The number of aliphatic hydroxyl groups excluding tert-OH is 1. The van der Waals surface area contributed by atoms with Crippen molar-refractivity contribution in [2.75, 3.05) is 33.3 Å². The molecule has 10 heteroatoms. The van der Waals surface area contributed by atoms with E-state index >= 15 is 0 Å². The Balaban J connectivity index is 2.19. The number of hydrogen-bond donors (Lipinski definition) is 1. The summed E-state index contributed by atoms with van der Waals surface area (Å²) in [7, 11) is 5.38. The maximum absolute atomic E-state index is 13.1. The molecule has 3 heterocycles. The van der Waals surface area contributed by atoms with Crippen molar-refractivity contribution in [1.82, 2.24) is 4.98 Å². The quantitative estimate of drug-likeness (QED) is 0.502. The summed E-state index contributed by atoms with van der Waals surface area (Å²) in [5.74, 6) is -0.997. The predicted molar refractivity (Wildman–Crippen MR) is 129 cm³/mol. The average Bonchev–Trinajstić information content (AvgIpc) is 3.25. The average molecular weight is 497 g/mol. The summed E-state index contributed by atoms with van der Waals surface area (Å²) in [6.07, 6.45) is 0.491. The van der Waals surface area contributed by atoms with Crippen LogP contribution in [-0.4, -0.2) is 56.5 Å². The van der Waals surface area contributed by atoms with Gasteiger partial charge in [0.15, 0.2) is 17.3 Å². The van der Waals surface area contributed by atoms with E-state index in [0.717, 1.165) is 0 Å². The molecule has 0 amide bonds. The van der Waals surface area contributed by atoms with Crippen molar-refractivity contribution in [2.24, 2.45) is 0 Å². The molecule has 10 nitrogen and oxygen atoms in total. The van der Waals surface area contributed by atoms with E-state index in [1.54, 1.807) is 30.5 Å². The molecule has 2 aromatic heterocycles. The predicted octanol–water partition coefficient (Wildman–Crippen LogP) is 3.94. The van der Waals surface area contributed by atoms with Crippen molar-refractivity contribution in [3.8, 4) is 22.8 Å². The van der Waals surface area contributed by atoms with E-state index in [1.165, 1.54) is 28.4 Å². The molecule has 190 valence electrons. The number of carbonyl (C=O) groups is 2. The van der Waals surface area contributed by atoms with Gasteiger partial charge in [0.05, 0.1) is 34.1 Å². The van der Waals surface area contributed by atoms with Crippen molar-refractivity contribution in [3.05, 3.63) is 59.1 Å². The van der Waals surface area contributed by atoms with Crippen LogP contribution in [0.15, 0.2) is 40.9 Å². The number of hydrogen-bond acceptors (Lipinski definition) is 10. The highest BCUT2D eigenvalue weighted by molar-refractivity contribution is 6.09. The van der Waals surface area contributed by atoms with E-state index in [9.17, 15) is 14.7 Å². The van der Waals surface area contributed by atoms with Crippen LogP contribution in [0.2, 0.25) is 0 Å². The molecule has 0 saturated carbocycles. The van der Waals surface area contributed by atoms with E-state index in [2.05, 4.69) is 4.98 Å². The van der Waals surface area contributed by atoms with Gasteiger partial charge in [-0.3, -0.25) is 4.98 Å². The molecule has 0 aliphatic carbocycles. The van der Waals surface area contributed by atoms with Crippen LogP contribution in [-0.2, 0) is 9.47 Å². The van der Waals surface area contributed by atoms with Gasteiger partial charge < -0.3 is 33.4 Å². The largest absolute Gasteiger partial charge is 0.493 e. The van der Waals surface area contributed by atoms with Crippen LogP contribution in [0.3, 0.4) is 0 Å². The van der Waals surface area contributed by atoms with Gasteiger partial charge in [-0.05, 0) is 43.7 Å². The van der Waals surface area contributed by atoms with Crippen molar-refractivity contribution in [2.45, 2.75) is 32.0 Å². The SMILES string of the molecule is COC(=O)c1oc2c(c1C(=O)OC)N(C(C)C)[C@H](c1ccccn1)[C@H](O)c1cc(OC)c(OC)cc1-2. The van der Waals surface area contributed by atoms with Crippen molar-refractivity contribution in [1.29, 1.82) is 0 Å². The summed E-state index contributed by atoms with van der Waals surface area (Å²) in [5, 5.41) is 11.8. The van der Waals surface area contributed by atoms with Gasteiger partial charge in [-0.2, -0.15) is 0 Å². The lowest BCUT2D eigenvalue weighted by atomic mass is 9.94. The minimum Gasteiger partial charge on any atom is -0.493 e. The second-order valence-corrected chi connectivity index (χ2v) is 8.41.